The van der Waals surface area contributed by atoms with Gasteiger partial charge in [-0.1, -0.05) is 26.2 Å². The van der Waals surface area contributed by atoms with E-state index in [1.165, 1.54) is 19.3 Å². The number of hydrogen-bond acceptors (Lipinski definition) is 2. The summed E-state index contributed by atoms with van der Waals surface area (Å²) in [6, 6.07) is 2.12. The summed E-state index contributed by atoms with van der Waals surface area (Å²) in [6.07, 6.45) is 6.53. The van der Waals surface area contributed by atoms with E-state index in [-0.39, 0.29) is 0 Å². The Kier molecular flexibility index (Phi) is 3.57. The molecule has 0 aromatic carbocycles. The van der Waals surface area contributed by atoms with Gasteiger partial charge >= 0.3 is 0 Å². The zero-order chi connectivity index (χ0) is 12.5. The smallest absolute Gasteiger partial charge is 0.0677 e. The molecule has 0 amide bonds. The Hall–Kier alpha value is -0.830. The number of hydrogen-bond donors (Lipinski definition) is 1. The van der Waals surface area contributed by atoms with E-state index in [4.69, 9.17) is 0 Å². The molecule has 2 rings (SSSR count). The highest BCUT2D eigenvalue weighted by atomic mass is 16.3. The van der Waals surface area contributed by atoms with Crippen LogP contribution in [0.1, 0.15) is 50.9 Å². The molecule has 1 unspecified atom stereocenters. The van der Waals surface area contributed by atoms with Crippen molar-refractivity contribution < 1.29 is 5.11 Å². The summed E-state index contributed by atoms with van der Waals surface area (Å²) < 4.78 is 1.91. The minimum atomic E-state index is -0.579. The van der Waals surface area contributed by atoms with Gasteiger partial charge in [-0.2, -0.15) is 5.10 Å². The molecular weight excluding hydrogens is 212 g/mol. The van der Waals surface area contributed by atoms with Gasteiger partial charge in [0.05, 0.1) is 11.3 Å². The van der Waals surface area contributed by atoms with Crippen molar-refractivity contribution in [2.45, 2.75) is 58.0 Å². The second-order valence-electron chi connectivity index (χ2n) is 5.78. The molecule has 96 valence electrons. The van der Waals surface area contributed by atoms with Crippen LogP contribution in [0.5, 0.6) is 0 Å². The Balaban J connectivity index is 1.99. The Morgan fingerprint density at radius 3 is 2.71 bits per heavy atom. The highest BCUT2D eigenvalue weighted by Gasteiger charge is 2.30. The SMILES string of the molecule is CCc1cc(CC(C)(O)CC2CCC2)n(C)n1. The van der Waals surface area contributed by atoms with E-state index >= 15 is 0 Å². The number of aliphatic hydroxyl groups is 1. The molecule has 17 heavy (non-hydrogen) atoms. The average Bonchev–Trinajstić information content (AvgIpc) is 2.53. The fourth-order valence-electron chi connectivity index (χ4n) is 2.69. The van der Waals surface area contributed by atoms with Crippen LogP contribution in [0.15, 0.2) is 6.07 Å². The fourth-order valence-corrected chi connectivity index (χ4v) is 2.69. The van der Waals surface area contributed by atoms with Gasteiger partial charge in [0.25, 0.3) is 0 Å². The summed E-state index contributed by atoms with van der Waals surface area (Å²) in [5.74, 6) is 0.740. The van der Waals surface area contributed by atoms with E-state index in [0.717, 1.165) is 30.1 Å². The molecule has 1 aliphatic rings. The van der Waals surface area contributed by atoms with Gasteiger partial charge in [0.15, 0.2) is 0 Å². The molecular formula is C14H24N2O. The maximum Gasteiger partial charge on any atom is 0.0677 e. The van der Waals surface area contributed by atoms with Gasteiger partial charge in [-0.15, -0.1) is 0 Å². The first-order valence-electron chi connectivity index (χ1n) is 6.74. The molecule has 0 bridgehead atoms. The Morgan fingerprint density at radius 2 is 2.24 bits per heavy atom. The van der Waals surface area contributed by atoms with Crippen molar-refractivity contribution >= 4 is 0 Å². The lowest BCUT2D eigenvalue weighted by Gasteiger charge is -2.33. The summed E-state index contributed by atoms with van der Waals surface area (Å²) in [6.45, 7) is 4.07. The molecule has 1 heterocycles. The topological polar surface area (TPSA) is 38.0 Å². The molecule has 1 N–H and O–H groups in total. The minimum Gasteiger partial charge on any atom is -0.390 e. The van der Waals surface area contributed by atoms with E-state index in [9.17, 15) is 5.11 Å². The number of aromatic nitrogens is 2. The van der Waals surface area contributed by atoms with Crippen LogP contribution < -0.4 is 0 Å². The van der Waals surface area contributed by atoms with Gasteiger partial charge in [0.2, 0.25) is 0 Å². The zero-order valence-corrected chi connectivity index (χ0v) is 11.2. The predicted octanol–water partition coefficient (Wildman–Crippen LogP) is 2.47. The fraction of sp³-hybridized carbons (Fsp3) is 0.786. The van der Waals surface area contributed by atoms with Crippen molar-refractivity contribution in [3.05, 3.63) is 17.5 Å². The second-order valence-corrected chi connectivity index (χ2v) is 5.78. The molecule has 0 spiro atoms. The van der Waals surface area contributed by atoms with E-state index in [1.807, 2.05) is 18.7 Å². The number of aryl methyl sites for hydroxylation is 2. The predicted molar refractivity (Wildman–Crippen MR) is 68.9 cm³/mol. The quantitative estimate of drug-likeness (QED) is 0.853. The second kappa shape index (κ2) is 4.81. The van der Waals surface area contributed by atoms with Gasteiger partial charge in [-0.05, 0) is 31.7 Å². The van der Waals surface area contributed by atoms with Crippen LogP contribution in [0.2, 0.25) is 0 Å². The monoisotopic (exact) mass is 236 g/mol. The van der Waals surface area contributed by atoms with Crippen molar-refractivity contribution in [1.82, 2.24) is 9.78 Å². The number of rotatable bonds is 5. The third-order valence-electron chi connectivity index (χ3n) is 3.90. The largest absolute Gasteiger partial charge is 0.390 e. The summed E-state index contributed by atoms with van der Waals surface area (Å²) in [7, 11) is 1.97. The first-order valence-corrected chi connectivity index (χ1v) is 6.74. The van der Waals surface area contributed by atoms with Crippen molar-refractivity contribution in [1.29, 1.82) is 0 Å². The van der Waals surface area contributed by atoms with Gasteiger partial charge in [-0.3, -0.25) is 4.68 Å². The molecule has 1 fully saturated rings. The van der Waals surface area contributed by atoms with E-state index in [1.54, 1.807) is 0 Å². The number of nitrogens with zero attached hydrogens (tertiary/aromatic N) is 2. The molecule has 3 nitrogen and oxygen atoms in total. The molecule has 3 heteroatoms. The summed E-state index contributed by atoms with van der Waals surface area (Å²) in [5, 5.41) is 14.9. The molecule has 1 aliphatic carbocycles. The van der Waals surface area contributed by atoms with Crippen LogP contribution in [0.25, 0.3) is 0 Å². The molecule has 1 aromatic heterocycles. The Morgan fingerprint density at radius 1 is 1.53 bits per heavy atom. The molecule has 0 aliphatic heterocycles. The van der Waals surface area contributed by atoms with Crippen LogP contribution >= 0.6 is 0 Å². The summed E-state index contributed by atoms with van der Waals surface area (Å²) in [4.78, 5) is 0. The van der Waals surface area contributed by atoms with Crippen molar-refractivity contribution in [3.63, 3.8) is 0 Å². The van der Waals surface area contributed by atoms with E-state index in [0.29, 0.717) is 6.42 Å². The van der Waals surface area contributed by atoms with Crippen LogP contribution in [0.4, 0.5) is 0 Å². The van der Waals surface area contributed by atoms with Crippen LogP contribution in [-0.4, -0.2) is 20.5 Å². The Bertz CT molecular complexity index is 378. The maximum atomic E-state index is 10.5. The van der Waals surface area contributed by atoms with Crippen molar-refractivity contribution in [2.75, 3.05) is 0 Å². The van der Waals surface area contributed by atoms with Gasteiger partial charge < -0.3 is 5.11 Å². The summed E-state index contributed by atoms with van der Waals surface area (Å²) in [5.41, 5.74) is 1.68. The molecule has 0 radical (unpaired) electrons. The first kappa shape index (κ1) is 12.6. The van der Waals surface area contributed by atoms with Gasteiger partial charge in [-0.25, -0.2) is 0 Å². The summed E-state index contributed by atoms with van der Waals surface area (Å²) >= 11 is 0. The average molecular weight is 236 g/mol. The highest BCUT2D eigenvalue weighted by molar-refractivity contribution is 5.12. The van der Waals surface area contributed by atoms with E-state index < -0.39 is 5.60 Å². The third kappa shape index (κ3) is 3.09. The minimum absolute atomic E-state index is 0.579. The molecule has 1 aromatic rings. The molecule has 1 atom stereocenters. The standard InChI is InChI=1S/C14H24N2O/c1-4-12-8-13(16(3)15-12)10-14(2,17)9-11-6-5-7-11/h8,11,17H,4-7,9-10H2,1-3H3. The molecule has 1 saturated carbocycles. The highest BCUT2D eigenvalue weighted by Crippen LogP contribution is 2.34. The van der Waals surface area contributed by atoms with Gasteiger partial charge in [0.1, 0.15) is 0 Å². The lowest BCUT2D eigenvalue weighted by atomic mass is 9.76. The third-order valence-corrected chi connectivity index (χ3v) is 3.90. The first-order chi connectivity index (χ1) is 8.00. The van der Waals surface area contributed by atoms with Crippen LogP contribution in [0, 0.1) is 5.92 Å². The van der Waals surface area contributed by atoms with Crippen molar-refractivity contribution in [2.24, 2.45) is 13.0 Å². The van der Waals surface area contributed by atoms with Crippen LogP contribution in [-0.2, 0) is 19.9 Å². The van der Waals surface area contributed by atoms with Crippen LogP contribution in [0.3, 0.4) is 0 Å². The van der Waals surface area contributed by atoms with Crippen molar-refractivity contribution in [3.8, 4) is 0 Å². The van der Waals surface area contributed by atoms with Gasteiger partial charge in [0, 0.05) is 19.2 Å². The lowest BCUT2D eigenvalue weighted by molar-refractivity contribution is 0.0189. The van der Waals surface area contributed by atoms with E-state index in [2.05, 4.69) is 18.1 Å². The zero-order valence-electron chi connectivity index (χ0n) is 11.2. The maximum absolute atomic E-state index is 10.5. The normalized spacial score (nSPS) is 20.0. The molecule has 0 saturated heterocycles. The Labute approximate surface area is 104 Å². The lowest BCUT2D eigenvalue weighted by Crippen LogP contribution is -2.33.